The molecular formula is C18H26N4O. The number of anilines is 2. The van der Waals surface area contributed by atoms with Crippen molar-refractivity contribution in [1.29, 1.82) is 0 Å². The first-order chi connectivity index (χ1) is 11.4. The molecule has 0 aliphatic heterocycles. The van der Waals surface area contributed by atoms with Gasteiger partial charge in [0.05, 0.1) is 5.52 Å². The number of benzene rings is 1. The van der Waals surface area contributed by atoms with Crippen LogP contribution in [0.2, 0.25) is 0 Å². The van der Waals surface area contributed by atoms with Gasteiger partial charge in [0.25, 0.3) is 0 Å². The minimum absolute atomic E-state index is 0.184. The Labute approximate surface area is 137 Å². The van der Waals surface area contributed by atoms with E-state index < -0.39 is 0 Å². The molecule has 1 aromatic heterocycles. The fraction of sp³-hybridized carbons (Fsp3) is 0.556. The third kappa shape index (κ3) is 4.32. The van der Waals surface area contributed by atoms with Gasteiger partial charge in [0.1, 0.15) is 5.82 Å². The third-order valence-electron chi connectivity index (χ3n) is 4.42. The summed E-state index contributed by atoms with van der Waals surface area (Å²) in [5.74, 6) is 1.56. The Hall–Kier alpha value is -1.88. The summed E-state index contributed by atoms with van der Waals surface area (Å²) < 4.78 is 0. The normalized spacial score (nSPS) is 16.2. The lowest BCUT2D eigenvalue weighted by atomic mass is 10.1. The Kier molecular flexibility index (Phi) is 5.64. The first-order valence-electron chi connectivity index (χ1n) is 8.75. The topological polar surface area (TPSA) is 70.1 Å². The van der Waals surface area contributed by atoms with Crippen molar-refractivity contribution >= 4 is 22.7 Å². The number of aliphatic hydroxyl groups excluding tert-OH is 1. The third-order valence-corrected chi connectivity index (χ3v) is 4.42. The molecule has 1 saturated carbocycles. The molecule has 1 aliphatic rings. The highest BCUT2D eigenvalue weighted by atomic mass is 16.3. The molecule has 1 fully saturated rings. The molecule has 5 heteroatoms. The fourth-order valence-corrected chi connectivity index (χ4v) is 3.17. The lowest BCUT2D eigenvalue weighted by molar-refractivity contribution is 0.292. The van der Waals surface area contributed by atoms with Crippen LogP contribution < -0.4 is 10.6 Å². The lowest BCUT2D eigenvalue weighted by Gasteiger charge is -2.17. The molecular weight excluding hydrogens is 288 g/mol. The molecule has 0 unspecified atom stereocenters. The van der Waals surface area contributed by atoms with Gasteiger partial charge in [0.2, 0.25) is 5.95 Å². The molecule has 2 aromatic rings. The van der Waals surface area contributed by atoms with E-state index in [1.807, 2.05) is 24.3 Å². The first-order valence-corrected chi connectivity index (χ1v) is 8.75. The van der Waals surface area contributed by atoms with E-state index in [0.717, 1.165) is 16.7 Å². The summed E-state index contributed by atoms with van der Waals surface area (Å²) in [5.41, 5.74) is 0.949. The SMILES string of the molecule is OCCCNc1nc(NC2CCCCCC2)nc2ccccc12. The van der Waals surface area contributed by atoms with E-state index in [1.54, 1.807) is 0 Å². The first kappa shape index (κ1) is 16.0. The van der Waals surface area contributed by atoms with Crippen LogP contribution in [0.4, 0.5) is 11.8 Å². The Morgan fingerprint density at radius 3 is 2.61 bits per heavy atom. The number of hydrogen-bond acceptors (Lipinski definition) is 5. The standard InChI is InChI=1S/C18H26N4O/c23-13-7-12-19-17-15-10-5-6-11-16(15)21-18(22-17)20-14-8-3-1-2-4-9-14/h5-6,10-11,14,23H,1-4,7-9,12-13H2,(H2,19,20,21,22). The molecule has 1 heterocycles. The molecule has 124 valence electrons. The monoisotopic (exact) mass is 314 g/mol. The zero-order valence-electron chi connectivity index (χ0n) is 13.6. The van der Waals surface area contributed by atoms with Crippen LogP contribution in [-0.2, 0) is 0 Å². The summed E-state index contributed by atoms with van der Waals surface area (Å²) in [5, 5.41) is 16.9. The molecule has 1 aromatic carbocycles. The van der Waals surface area contributed by atoms with Gasteiger partial charge in [0.15, 0.2) is 0 Å². The molecule has 0 spiro atoms. The van der Waals surface area contributed by atoms with Gasteiger partial charge in [0, 0.05) is 24.6 Å². The molecule has 1 aliphatic carbocycles. The molecule has 0 bridgehead atoms. The maximum absolute atomic E-state index is 8.97. The largest absolute Gasteiger partial charge is 0.396 e. The van der Waals surface area contributed by atoms with Gasteiger partial charge in [-0.3, -0.25) is 0 Å². The van der Waals surface area contributed by atoms with E-state index in [0.29, 0.717) is 25.0 Å². The molecule has 3 rings (SSSR count). The average Bonchev–Trinajstić information content (AvgIpc) is 2.84. The number of para-hydroxylation sites is 1. The van der Waals surface area contributed by atoms with Crippen LogP contribution in [0.25, 0.3) is 10.9 Å². The lowest BCUT2D eigenvalue weighted by Crippen LogP contribution is -2.20. The maximum atomic E-state index is 8.97. The van der Waals surface area contributed by atoms with Gasteiger partial charge in [-0.15, -0.1) is 0 Å². The highest BCUT2D eigenvalue weighted by molar-refractivity contribution is 5.90. The summed E-state index contributed by atoms with van der Waals surface area (Å²) in [6.07, 6.45) is 8.35. The van der Waals surface area contributed by atoms with Crippen molar-refractivity contribution in [2.75, 3.05) is 23.8 Å². The van der Waals surface area contributed by atoms with Gasteiger partial charge in [-0.25, -0.2) is 4.98 Å². The predicted molar refractivity (Wildman–Crippen MR) is 94.8 cm³/mol. The highest BCUT2D eigenvalue weighted by Gasteiger charge is 2.14. The van der Waals surface area contributed by atoms with Crippen molar-refractivity contribution in [3.63, 3.8) is 0 Å². The van der Waals surface area contributed by atoms with Crippen molar-refractivity contribution in [2.24, 2.45) is 0 Å². The fourth-order valence-electron chi connectivity index (χ4n) is 3.17. The average molecular weight is 314 g/mol. The quantitative estimate of drug-likeness (QED) is 0.562. The molecule has 0 atom stereocenters. The zero-order chi connectivity index (χ0) is 15.9. The van der Waals surface area contributed by atoms with Gasteiger partial charge in [-0.2, -0.15) is 4.98 Å². The number of aliphatic hydroxyl groups is 1. The number of aromatic nitrogens is 2. The Bertz CT molecular complexity index is 623. The van der Waals surface area contributed by atoms with Crippen molar-refractivity contribution in [1.82, 2.24) is 9.97 Å². The Balaban J connectivity index is 1.81. The van der Waals surface area contributed by atoms with Crippen molar-refractivity contribution in [3.05, 3.63) is 24.3 Å². The van der Waals surface area contributed by atoms with E-state index in [1.165, 1.54) is 38.5 Å². The molecule has 0 amide bonds. The predicted octanol–water partition coefficient (Wildman–Crippen LogP) is 3.56. The second-order valence-corrected chi connectivity index (χ2v) is 6.25. The molecule has 0 radical (unpaired) electrons. The highest BCUT2D eigenvalue weighted by Crippen LogP contribution is 2.24. The van der Waals surface area contributed by atoms with Gasteiger partial charge >= 0.3 is 0 Å². The van der Waals surface area contributed by atoms with E-state index in [-0.39, 0.29) is 6.61 Å². The second-order valence-electron chi connectivity index (χ2n) is 6.25. The van der Waals surface area contributed by atoms with E-state index in [2.05, 4.69) is 20.6 Å². The minimum Gasteiger partial charge on any atom is -0.396 e. The number of rotatable bonds is 6. The molecule has 5 nitrogen and oxygen atoms in total. The van der Waals surface area contributed by atoms with Crippen molar-refractivity contribution in [2.45, 2.75) is 51.0 Å². The summed E-state index contributed by atoms with van der Waals surface area (Å²) in [7, 11) is 0. The second kappa shape index (κ2) is 8.11. The van der Waals surface area contributed by atoms with E-state index >= 15 is 0 Å². The minimum atomic E-state index is 0.184. The summed E-state index contributed by atoms with van der Waals surface area (Å²) in [4.78, 5) is 9.36. The van der Waals surface area contributed by atoms with Gasteiger partial charge in [-0.1, -0.05) is 37.8 Å². The smallest absolute Gasteiger partial charge is 0.225 e. The van der Waals surface area contributed by atoms with Crippen molar-refractivity contribution in [3.8, 4) is 0 Å². The number of nitrogens with one attached hydrogen (secondary N) is 2. The van der Waals surface area contributed by atoms with E-state index in [4.69, 9.17) is 5.11 Å². The van der Waals surface area contributed by atoms with Crippen LogP contribution in [0.1, 0.15) is 44.9 Å². The summed E-state index contributed by atoms with van der Waals surface area (Å²) in [6, 6.07) is 8.53. The Morgan fingerprint density at radius 1 is 1.04 bits per heavy atom. The van der Waals surface area contributed by atoms with Crippen LogP contribution in [0, 0.1) is 0 Å². The van der Waals surface area contributed by atoms with Crippen LogP contribution in [0.15, 0.2) is 24.3 Å². The molecule has 0 saturated heterocycles. The van der Waals surface area contributed by atoms with Gasteiger partial charge in [-0.05, 0) is 31.4 Å². The van der Waals surface area contributed by atoms with E-state index in [9.17, 15) is 0 Å². The van der Waals surface area contributed by atoms with Crippen molar-refractivity contribution < 1.29 is 5.11 Å². The van der Waals surface area contributed by atoms with Gasteiger partial charge < -0.3 is 15.7 Å². The maximum Gasteiger partial charge on any atom is 0.225 e. The summed E-state index contributed by atoms with van der Waals surface area (Å²) >= 11 is 0. The zero-order valence-corrected chi connectivity index (χ0v) is 13.6. The number of hydrogen-bond donors (Lipinski definition) is 3. The molecule has 3 N–H and O–H groups in total. The Morgan fingerprint density at radius 2 is 1.83 bits per heavy atom. The molecule has 23 heavy (non-hydrogen) atoms. The van der Waals surface area contributed by atoms with Crippen LogP contribution in [-0.4, -0.2) is 34.3 Å². The van der Waals surface area contributed by atoms with Crippen LogP contribution >= 0.6 is 0 Å². The number of fused-ring (bicyclic) bond motifs is 1. The number of nitrogens with zero attached hydrogens (tertiary/aromatic N) is 2. The summed E-state index contributed by atoms with van der Waals surface area (Å²) in [6.45, 7) is 0.892. The van der Waals surface area contributed by atoms with Crippen LogP contribution in [0.5, 0.6) is 0 Å². The van der Waals surface area contributed by atoms with Crippen LogP contribution in [0.3, 0.4) is 0 Å².